The Kier molecular flexibility index (Phi) is 2.75. The van der Waals surface area contributed by atoms with Gasteiger partial charge in [0.15, 0.2) is 0 Å². The van der Waals surface area contributed by atoms with Gasteiger partial charge in [0.2, 0.25) is 5.95 Å². The van der Waals surface area contributed by atoms with E-state index in [0.717, 1.165) is 24.6 Å². The van der Waals surface area contributed by atoms with Crippen LogP contribution in [-0.4, -0.2) is 23.1 Å². The van der Waals surface area contributed by atoms with Gasteiger partial charge < -0.3 is 10.6 Å². The zero-order valence-electron chi connectivity index (χ0n) is 9.40. The summed E-state index contributed by atoms with van der Waals surface area (Å²) in [5.41, 5.74) is 6.75. The summed E-state index contributed by atoms with van der Waals surface area (Å²) in [6.07, 6.45) is 2.50. The molecule has 0 spiro atoms. The lowest BCUT2D eigenvalue weighted by molar-refractivity contribution is 0.810. The van der Waals surface area contributed by atoms with Crippen LogP contribution in [0, 0.1) is 0 Å². The molecular formula is C11H18N4. The molecule has 0 unspecified atom stereocenters. The van der Waals surface area contributed by atoms with E-state index >= 15 is 0 Å². The van der Waals surface area contributed by atoms with E-state index in [0.29, 0.717) is 11.9 Å². The first-order valence-corrected chi connectivity index (χ1v) is 5.56. The van der Waals surface area contributed by atoms with Crippen molar-refractivity contribution >= 4 is 11.8 Å². The number of nitrogen functional groups attached to an aromatic ring is 1. The first-order valence-electron chi connectivity index (χ1n) is 5.56. The lowest BCUT2D eigenvalue weighted by atomic mass is 10.1. The molecule has 1 saturated heterocycles. The molecule has 0 amide bonds. The Morgan fingerprint density at radius 1 is 1.27 bits per heavy atom. The van der Waals surface area contributed by atoms with Crippen LogP contribution in [-0.2, 0) is 0 Å². The first kappa shape index (κ1) is 10.2. The van der Waals surface area contributed by atoms with Crippen molar-refractivity contribution in [3.05, 3.63) is 11.8 Å². The van der Waals surface area contributed by atoms with Crippen LogP contribution in [0.3, 0.4) is 0 Å². The molecular weight excluding hydrogens is 188 g/mol. The summed E-state index contributed by atoms with van der Waals surface area (Å²) < 4.78 is 0. The zero-order valence-corrected chi connectivity index (χ0v) is 9.40. The Hall–Kier alpha value is -1.32. The van der Waals surface area contributed by atoms with E-state index in [-0.39, 0.29) is 0 Å². The van der Waals surface area contributed by atoms with Crippen LogP contribution in [0.2, 0.25) is 0 Å². The Bertz CT molecular complexity index is 342. The molecule has 0 aromatic carbocycles. The molecule has 1 aliphatic heterocycles. The Morgan fingerprint density at radius 2 is 1.93 bits per heavy atom. The second-order valence-corrected chi connectivity index (χ2v) is 4.36. The van der Waals surface area contributed by atoms with E-state index in [1.54, 1.807) is 0 Å². The van der Waals surface area contributed by atoms with Gasteiger partial charge in [0.1, 0.15) is 5.82 Å². The molecule has 0 radical (unpaired) electrons. The lowest BCUT2D eigenvalue weighted by Gasteiger charge is -2.17. The fourth-order valence-electron chi connectivity index (χ4n) is 1.88. The minimum atomic E-state index is 0.392. The standard InChI is InChI=1S/C11H18N4/c1-8(2)9-7-10(14-11(12)13-9)15-5-3-4-6-15/h7-8H,3-6H2,1-2H3,(H2,12,13,14). The molecule has 0 atom stereocenters. The monoisotopic (exact) mass is 206 g/mol. The number of hydrogen-bond acceptors (Lipinski definition) is 4. The van der Waals surface area contributed by atoms with E-state index in [2.05, 4.69) is 34.8 Å². The number of nitrogens with two attached hydrogens (primary N) is 1. The Labute approximate surface area is 90.5 Å². The van der Waals surface area contributed by atoms with Crippen molar-refractivity contribution in [3.63, 3.8) is 0 Å². The molecule has 1 aromatic rings. The van der Waals surface area contributed by atoms with E-state index in [1.807, 2.05) is 0 Å². The van der Waals surface area contributed by atoms with Crippen LogP contribution in [0.15, 0.2) is 6.07 Å². The number of rotatable bonds is 2. The average Bonchev–Trinajstić information content (AvgIpc) is 2.69. The quantitative estimate of drug-likeness (QED) is 0.801. The fourth-order valence-corrected chi connectivity index (χ4v) is 1.88. The maximum atomic E-state index is 5.72. The van der Waals surface area contributed by atoms with Crippen LogP contribution >= 0.6 is 0 Å². The normalized spacial score (nSPS) is 16.3. The van der Waals surface area contributed by atoms with Crippen molar-refractivity contribution in [2.45, 2.75) is 32.6 Å². The molecule has 1 aromatic heterocycles. The van der Waals surface area contributed by atoms with Gasteiger partial charge in [-0.2, -0.15) is 4.98 Å². The number of anilines is 2. The summed E-state index contributed by atoms with van der Waals surface area (Å²) in [4.78, 5) is 10.8. The number of hydrogen-bond donors (Lipinski definition) is 1. The lowest BCUT2D eigenvalue weighted by Crippen LogP contribution is -2.20. The Balaban J connectivity index is 2.30. The van der Waals surface area contributed by atoms with E-state index in [1.165, 1.54) is 12.8 Å². The molecule has 0 aliphatic carbocycles. The maximum absolute atomic E-state index is 5.72. The SMILES string of the molecule is CC(C)c1cc(N2CCCC2)nc(N)n1. The van der Waals surface area contributed by atoms with Crippen molar-refractivity contribution < 1.29 is 0 Å². The minimum Gasteiger partial charge on any atom is -0.368 e. The highest BCUT2D eigenvalue weighted by atomic mass is 15.2. The van der Waals surface area contributed by atoms with Crippen molar-refractivity contribution in [2.24, 2.45) is 0 Å². The predicted octanol–water partition coefficient (Wildman–Crippen LogP) is 1.78. The summed E-state index contributed by atoms with van der Waals surface area (Å²) in [6, 6.07) is 2.06. The molecule has 4 heteroatoms. The summed E-state index contributed by atoms with van der Waals surface area (Å²) >= 11 is 0. The maximum Gasteiger partial charge on any atom is 0.222 e. The number of aromatic nitrogens is 2. The third-order valence-electron chi connectivity index (χ3n) is 2.77. The summed E-state index contributed by atoms with van der Waals surface area (Å²) in [5.74, 6) is 1.78. The first-order chi connectivity index (χ1) is 7.16. The van der Waals surface area contributed by atoms with Crippen molar-refractivity contribution in [1.29, 1.82) is 0 Å². The number of nitrogens with zero attached hydrogens (tertiary/aromatic N) is 3. The third kappa shape index (κ3) is 2.19. The molecule has 2 heterocycles. The second kappa shape index (κ2) is 4.04. The van der Waals surface area contributed by atoms with E-state index < -0.39 is 0 Å². The average molecular weight is 206 g/mol. The van der Waals surface area contributed by atoms with Gasteiger partial charge in [-0.3, -0.25) is 0 Å². The van der Waals surface area contributed by atoms with Crippen LogP contribution in [0.5, 0.6) is 0 Å². The van der Waals surface area contributed by atoms with Gasteiger partial charge in [-0.15, -0.1) is 0 Å². The van der Waals surface area contributed by atoms with Gasteiger partial charge in [0, 0.05) is 19.2 Å². The van der Waals surface area contributed by atoms with Gasteiger partial charge in [-0.1, -0.05) is 13.8 Å². The van der Waals surface area contributed by atoms with E-state index in [9.17, 15) is 0 Å². The highest BCUT2D eigenvalue weighted by molar-refractivity contribution is 5.44. The van der Waals surface area contributed by atoms with Crippen molar-refractivity contribution in [2.75, 3.05) is 23.7 Å². The smallest absolute Gasteiger partial charge is 0.222 e. The highest BCUT2D eigenvalue weighted by Crippen LogP contribution is 2.22. The van der Waals surface area contributed by atoms with Crippen molar-refractivity contribution in [1.82, 2.24) is 9.97 Å². The summed E-state index contributed by atoms with van der Waals surface area (Å²) in [7, 11) is 0. The fraction of sp³-hybridized carbons (Fsp3) is 0.636. The van der Waals surface area contributed by atoms with Gasteiger partial charge >= 0.3 is 0 Å². The van der Waals surface area contributed by atoms with Crippen LogP contribution in [0.25, 0.3) is 0 Å². The van der Waals surface area contributed by atoms with Crippen LogP contribution in [0.1, 0.15) is 38.3 Å². The topological polar surface area (TPSA) is 55.0 Å². The molecule has 0 saturated carbocycles. The largest absolute Gasteiger partial charge is 0.368 e. The van der Waals surface area contributed by atoms with Gasteiger partial charge in [0.05, 0.1) is 5.69 Å². The second-order valence-electron chi connectivity index (χ2n) is 4.36. The molecule has 2 rings (SSSR count). The predicted molar refractivity (Wildman–Crippen MR) is 62.0 cm³/mol. The Morgan fingerprint density at radius 3 is 2.53 bits per heavy atom. The summed E-state index contributed by atoms with van der Waals surface area (Å²) in [6.45, 7) is 6.42. The molecule has 15 heavy (non-hydrogen) atoms. The van der Waals surface area contributed by atoms with Gasteiger partial charge in [-0.25, -0.2) is 4.98 Å². The third-order valence-corrected chi connectivity index (χ3v) is 2.77. The van der Waals surface area contributed by atoms with Gasteiger partial charge in [-0.05, 0) is 18.8 Å². The molecule has 1 fully saturated rings. The van der Waals surface area contributed by atoms with E-state index in [4.69, 9.17) is 5.73 Å². The molecule has 4 nitrogen and oxygen atoms in total. The molecule has 0 bridgehead atoms. The zero-order chi connectivity index (χ0) is 10.8. The molecule has 1 aliphatic rings. The molecule has 82 valence electrons. The van der Waals surface area contributed by atoms with Gasteiger partial charge in [0.25, 0.3) is 0 Å². The minimum absolute atomic E-state index is 0.392. The molecule has 2 N–H and O–H groups in total. The van der Waals surface area contributed by atoms with Crippen LogP contribution < -0.4 is 10.6 Å². The van der Waals surface area contributed by atoms with Crippen LogP contribution in [0.4, 0.5) is 11.8 Å². The highest BCUT2D eigenvalue weighted by Gasteiger charge is 2.15. The summed E-state index contributed by atoms with van der Waals surface area (Å²) in [5, 5.41) is 0. The van der Waals surface area contributed by atoms with Crippen molar-refractivity contribution in [3.8, 4) is 0 Å².